The highest BCUT2D eigenvalue weighted by Gasteiger charge is 2.35. The van der Waals surface area contributed by atoms with Crippen molar-refractivity contribution in [2.24, 2.45) is 0 Å². The van der Waals surface area contributed by atoms with Gasteiger partial charge in [0.1, 0.15) is 11.5 Å². The molecule has 1 aliphatic carbocycles. The molecule has 1 N–H and O–H groups in total. The van der Waals surface area contributed by atoms with Crippen molar-refractivity contribution < 1.29 is 17.6 Å². The van der Waals surface area contributed by atoms with Crippen molar-refractivity contribution in [1.82, 2.24) is 15.1 Å². The maximum atomic E-state index is 13.0. The quantitative estimate of drug-likeness (QED) is 0.881. The van der Waals surface area contributed by atoms with Gasteiger partial charge in [0.25, 0.3) is 5.91 Å². The summed E-state index contributed by atoms with van der Waals surface area (Å²) in [5, 5.41) is 7.43. The Morgan fingerprint density at radius 2 is 2.04 bits per heavy atom. The lowest BCUT2D eigenvalue weighted by atomic mass is 10.1. The van der Waals surface area contributed by atoms with Crippen LogP contribution in [0.4, 0.5) is 4.39 Å². The number of aromatic nitrogens is 2. The number of benzene rings is 1. The van der Waals surface area contributed by atoms with Gasteiger partial charge in [0.05, 0.1) is 23.2 Å². The molecule has 138 valence electrons. The molecule has 1 amide bonds. The van der Waals surface area contributed by atoms with Crippen LogP contribution in [-0.4, -0.2) is 35.6 Å². The number of aryl methyl sites for hydroxylation is 1. The van der Waals surface area contributed by atoms with Gasteiger partial charge in [0.15, 0.2) is 9.84 Å². The molecule has 1 atom stereocenters. The van der Waals surface area contributed by atoms with Crippen LogP contribution in [0.3, 0.4) is 0 Å². The zero-order valence-electron chi connectivity index (χ0n) is 14.2. The summed E-state index contributed by atoms with van der Waals surface area (Å²) in [6.45, 7) is 0.280. The van der Waals surface area contributed by atoms with E-state index in [-0.39, 0.29) is 35.8 Å². The van der Waals surface area contributed by atoms with Crippen LogP contribution in [0.2, 0.25) is 0 Å². The van der Waals surface area contributed by atoms with Gasteiger partial charge in [-0.05, 0) is 43.4 Å². The summed E-state index contributed by atoms with van der Waals surface area (Å²) in [7, 11) is -3.07. The van der Waals surface area contributed by atoms with Crippen molar-refractivity contribution in [2.75, 3.05) is 11.5 Å². The molecule has 0 radical (unpaired) electrons. The molecule has 1 aliphatic heterocycles. The second-order valence-corrected chi connectivity index (χ2v) is 9.17. The van der Waals surface area contributed by atoms with E-state index < -0.39 is 9.84 Å². The van der Waals surface area contributed by atoms with Crippen LogP contribution in [0.25, 0.3) is 0 Å². The van der Waals surface area contributed by atoms with Gasteiger partial charge in [-0.3, -0.25) is 9.48 Å². The molecule has 0 spiro atoms. The van der Waals surface area contributed by atoms with Gasteiger partial charge >= 0.3 is 0 Å². The molecule has 2 aromatic rings. The van der Waals surface area contributed by atoms with Crippen LogP contribution in [0.1, 0.15) is 46.2 Å². The Bertz CT molecular complexity index is 951. The van der Waals surface area contributed by atoms with Gasteiger partial charge in [-0.15, -0.1) is 0 Å². The molecule has 8 heteroatoms. The molecule has 1 fully saturated rings. The normalized spacial score (nSPS) is 20.9. The Hall–Kier alpha value is -2.22. The van der Waals surface area contributed by atoms with Crippen LogP contribution in [0.15, 0.2) is 24.3 Å². The molecule has 2 aliphatic rings. The number of hydrogen-bond donors (Lipinski definition) is 1. The number of rotatable bonds is 4. The lowest BCUT2D eigenvalue weighted by molar-refractivity contribution is 0.0937. The van der Waals surface area contributed by atoms with Crippen molar-refractivity contribution in [3.63, 3.8) is 0 Å². The van der Waals surface area contributed by atoms with Crippen LogP contribution < -0.4 is 5.32 Å². The summed E-state index contributed by atoms with van der Waals surface area (Å²) in [5.41, 5.74) is 3.12. The molecule has 2 heterocycles. The third-order valence-electron chi connectivity index (χ3n) is 5.07. The molecular formula is C18H20FN3O3S. The second kappa shape index (κ2) is 6.50. The summed E-state index contributed by atoms with van der Waals surface area (Å²) in [4.78, 5) is 12.8. The third kappa shape index (κ3) is 3.25. The van der Waals surface area contributed by atoms with E-state index in [0.717, 1.165) is 36.1 Å². The summed E-state index contributed by atoms with van der Waals surface area (Å²) < 4.78 is 38.3. The Morgan fingerprint density at radius 1 is 1.27 bits per heavy atom. The van der Waals surface area contributed by atoms with Gasteiger partial charge in [0, 0.05) is 12.1 Å². The fourth-order valence-electron chi connectivity index (χ4n) is 3.75. The fourth-order valence-corrected chi connectivity index (χ4v) is 5.45. The van der Waals surface area contributed by atoms with E-state index in [1.54, 1.807) is 16.8 Å². The maximum Gasteiger partial charge on any atom is 0.270 e. The number of amides is 1. The number of halogens is 1. The second-order valence-electron chi connectivity index (χ2n) is 6.94. The van der Waals surface area contributed by atoms with E-state index in [1.165, 1.54) is 12.1 Å². The van der Waals surface area contributed by atoms with Crippen LogP contribution >= 0.6 is 0 Å². The molecule has 1 saturated heterocycles. The predicted molar refractivity (Wildman–Crippen MR) is 94.1 cm³/mol. The maximum absolute atomic E-state index is 13.0. The number of nitrogens with zero attached hydrogens (tertiary/aromatic N) is 2. The van der Waals surface area contributed by atoms with Crippen molar-refractivity contribution in [3.05, 3.63) is 52.6 Å². The molecule has 1 aromatic carbocycles. The number of carbonyl (C=O) groups excluding carboxylic acids is 1. The molecule has 1 aromatic heterocycles. The molecule has 6 nitrogen and oxygen atoms in total. The van der Waals surface area contributed by atoms with Gasteiger partial charge in [-0.2, -0.15) is 5.10 Å². The highest BCUT2D eigenvalue weighted by molar-refractivity contribution is 7.91. The van der Waals surface area contributed by atoms with E-state index in [1.807, 2.05) is 0 Å². The fraction of sp³-hybridized carbons (Fsp3) is 0.444. The smallest absolute Gasteiger partial charge is 0.270 e. The Morgan fingerprint density at radius 3 is 2.73 bits per heavy atom. The van der Waals surface area contributed by atoms with E-state index >= 15 is 0 Å². The molecule has 1 unspecified atom stereocenters. The highest BCUT2D eigenvalue weighted by atomic mass is 32.2. The minimum absolute atomic E-state index is 0.0335. The Kier molecular flexibility index (Phi) is 4.30. The first-order valence-electron chi connectivity index (χ1n) is 8.76. The molecule has 0 saturated carbocycles. The van der Waals surface area contributed by atoms with Gasteiger partial charge in [-0.1, -0.05) is 12.1 Å². The number of sulfone groups is 1. The summed E-state index contributed by atoms with van der Waals surface area (Å²) >= 11 is 0. The highest BCUT2D eigenvalue weighted by Crippen LogP contribution is 2.31. The first-order chi connectivity index (χ1) is 12.4. The van der Waals surface area contributed by atoms with Crippen LogP contribution in [-0.2, 0) is 29.2 Å². The Balaban J connectivity index is 1.58. The van der Waals surface area contributed by atoms with E-state index in [9.17, 15) is 17.6 Å². The van der Waals surface area contributed by atoms with E-state index in [4.69, 9.17) is 0 Å². The zero-order valence-corrected chi connectivity index (χ0v) is 15.1. The van der Waals surface area contributed by atoms with Crippen molar-refractivity contribution in [3.8, 4) is 0 Å². The minimum Gasteiger partial charge on any atom is -0.347 e. The monoisotopic (exact) mass is 377 g/mol. The lowest BCUT2D eigenvalue weighted by Gasteiger charge is -2.14. The largest absolute Gasteiger partial charge is 0.347 e. The number of nitrogens with one attached hydrogen (secondary N) is 1. The molecular weight excluding hydrogens is 357 g/mol. The van der Waals surface area contributed by atoms with Crippen molar-refractivity contribution >= 4 is 15.7 Å². The van der Waals surface area contributed by atoms with Crippen molar-refractivity contribution in [1.29, 1.82) is 0 Å². The summed E-state index contributed by atoms with van der Waals surface area (Å²) in [6, 6.07) is 5.68. The Labute approximate surface area is 151 Å². The van der Waals surface area contributed by atoms with Gasteiger partial charge in [0.2, 0.25) is 0 Å². The standard InChI is InChI=1S/C18H20FN3O3S/c19-13-6-4-12(5-7-13)10-20-18(23)17-15-2-1-3-16(15)21-22(17)14-8-9-26(24,25)11-14/h4-7,14H,1-3,8-11H2,(H,20,23). The number of hydrogen-bond acceptors (Lipinski definition) is 4. The van der Waals surface area contributed by atoms with Gasteiger partial charge in [-0.25, -0.2) is 12.8 Å². The van der Waals surface area contributed by atoms with Gasteiger partial charge < -0.3 is 5.32 Å². The summed E-state index contributed by atoms with van der Waals surface area (Å²) in [6.07, 6.45) is 3.05. The SMILES string of the molecule is O=C(NCc1ccc(F)cc1)c1c2c(nn1C1CCS(=O)(=O)C1)CCC2. The predicted octanol–water partition coefficient (Wildman–Crippen LogP) is 1.80. The van der Waals surface area contributed by atoms with Crippen LogP contribution in [0.5, 0.6) is 0 Å². The third-order valence-corrected chi connectivity index (χ3v) is 6.82. The molecule has 4 rings (SSSR count). The lowest BCUT2D eigenvalue weighted by Crippen LogP contribution is -2.28. The first-order valence-corrected chi connectivity index (χ1v) is 10.6. The average molecular weight is 377 g/mol. The van der Waals surface area contributed by atoms with Crippen LogP contribution in [0, 0.1) is 5.82 Å². The molecule has 0 bridgehead atoms. The zero-order chi connectivity index (χ0) is 18.3. The minimum atomic E-state index is -3.07. The van der Waals surface area contributed by atoms with E-state index in [0.29, 0.717) is 12.1 Å². The van der Waals surface area contributed by atoms with Crippen molar-refractivity contribution in [2.45, 2.75) is 38.3 Å². The number of carbonyl (C=O) groups is 1. The van der Waals surface area contributed by atoms with E-state index in [2.05, 4.69) is 10.4 Å². The summed E-state index contributed by atoms with van der Waals surface area (Å²) in [5.74, 6) is -0.405. The topological polar surface area (TPSA) is 81.1 Å². The number of fused-ring (bicyclic) bond motifs is 1. The first kappa shape index (κ1) is 17.2. The molecule has 26 heavy (non-hydrogen) atoms. The average Bonchev–Trinajstić information content (AvgIpc) is 3.27.